The van der Waals surface area contributed by atoms with E-state index in [1.807, 2.05) is 0 Å². The minimum Gasteiger partial charge on any atom is -0.481 e. The Morgan fingerprint density at radius 1 is 1.11 bits per heavy atom. The van der Waals surface area contributed by atoms with Gasteiger partial charge in [-0.15, -0.1) is 0 Å². The van der Waals surface area contributed by atoms with Crippen LogP contribution in [0, 0.1) is 23.2 Å². The van der Waals surface area contributed by atoms with Crippen LogP contribution < -0.4 is 0 Å². The second-order valence-electron chi connectivity index (χ2n) is 6.77. The Morgan fingerprint density at radius 3 is 2.11 bits per heavy atom. The lowest BCUT2D eigenvalue weighted by molar-refractivity contribution is -0.157. The molecule has 1 N–H and O–H groups in total. The molecule has 2 fully saturated rings. The van der Waals surface area contributed by atoms with Gasteiger partial charge in [0.15, 0.2) is 0 Å². The summed E-state index contributed by atoms with van der Waals surface area (Å²) < 4.78 is 0. The molecule has 0 amide bonds. The Kier molecular flexibility index (Phi) is 4.34. The molecule has 2 nitrogen and oxygen atoms in total. The third-order valence-electron chi connectivity index (χ3n) is 5.80. The molecule has 18 heavy (non-hydrogen) atoms. The third kappa shape index (κ3) is 2.57. The minimum absolute atomic E-state index is 0.369. The lowest BCUT2D eigenvalue weighted by atomic mass is 9.59. The van der Waals surface area contributed by atoms with E-state index in [0.717, 1.165) is 50.4 Å². The first-order valence-electron chi connectivity index (χ1n) is 7.82. The zero-order valence-corrected chi connectivity index (χ0v) is 12.0. The summed E-state index contributed by atoms with van der Waals surface area (Å²) in [5, 5.41) is 9.77. The summed E-state index contributed by atoms with van der Waals surface area (Å²) in [6, 6.07) is 0. The van der Waals surface area contributed by atoms with Gasteiger partial charge in [-0.05, 0) is 56.3 Å². The van der Waals surface area contributed by atoms with Gasteiger partial charge in [-0.2, -0.15) is 0 Å². The summed E-state index contributed by atoms with van der Waals surface area (Å²) in [5.74, 6) is 1.53. The first-order chi connectivity index (χ1) is 8.58. The number of rotatable bonds is 3. The highest BCUT2D eigenvalue weighted by Gasteiger charge is 2.48. The molecule has 0 heterocycles. The zero-order chi connectivity index (χ0) is 13.2. The lowest BCUT2D eigenvalue weighted by Crippen LogP contribution is -2.43. The number of carbonyl (C=O) groups is 1. The minimum atomic E-state index is -0.503. The van der Waals surface area contributed by atoms with Gasteiger partial charge in [0, 0.05) is 0 Å². The highest BCUT2D eigenvalue weighted by molar-refractivity contribution is 5.75. The molecule has 0 aromatic carbocycles. The second-order valence-corrected chi connectivity index (χ2v) is 6.77. The van der Waals surface area contributed by atoms with Crippen molar-refractivity contribution < 1.29 is 9.90 Å². The smallest absolute Gasteiger partial charge is 0.309 e. The Morgan fingerprint density at radius 2 is 1.67 bits per heavy atom. The van der Waals surface area contributed by atoms with Crippen molar-refractivity contribution in [2.45, 2.75) is 71.6 Å². The van der Waals surface area contributed by atoms with Gasteiger partial charge in [-0.25, -0.2) is 0 Å². The summed E-state index contributed by atoms with van der Waals surface area (Å²) in [4.78, 5) is 11.9. The van der Waals surface area contributed by atoms with Crippen molar-refractivity contribution in [3.63, 3.8) is 0 Å². The van der Waals surface area contributed by atoms with Crippen molar-refractivity contribution >= 4 is 5.97 Å². The van der Waals surface area contributed by atoms with Gasteiger partial charge in [-0.1, -0.05) is 33.1 Å². The van der Waals surface area contributed by atoms with E-state index >= 15 is 0 Å². The molecule has 0 spiro atoms. The van der Waals surface area contributed by atoms with E-state index in [4.69, 9.17) is 0 Å². The molecule has 0 aromatic heterocycles. The molecule has 0 bridgehead atoms. The molecule has 2 rings (SSSR count). The molecule has 0 aromatic rings. The molecule has 2 aliphatic carbocycles. The van der Waals surface area contributed by atoms with E-state index in [1.165, 1.54) is 19.3 Å². The summed E-state index contributed by atoms with van der Waals surface area (Å²) >= 11 is 0. The monoisotopic (exact) mass is 252 g/mol. The maximum absolute atomic E-state index is 11.9. The van der Waals surface area contributed by atoms with E-state index in [0.29, 0.717) is 5.92 Å². The van der Waals surface area contributed by atoms with Crippen LogP contribution in [-0.2, 0) is 4.79 Å². The zero-order valence-electron chi connectivity index (χ0n) is 12.0. The van der Waals surface area contributed by atoms with Crippen molar-refractivity contribution in [2.24, 2.45) is 23.2 Å². The average Bonchev–Trinajstić information content (AvgIpc) is 2.39. The van der Waals surface area contributed by atoms with Gasteiger partial charge < -0.3 is 5.11 Å². The normalized spacial score (nSPS) is 41.6. The van der Waals surface area contributed by atoms with Crippen LogP contribution in [-0.4, -0.2) is 11.1 Å². The SMILES string of the molecule is CCC1CCC(C(=O)O)(C2CCC(C)CC2)CC1. The van der Waals surface area contributed by atoms with Crippen LogP contribution in [0.3, 0.4) is 0 Å². The topological polar surface area (TPSA) is 37.3 Å². The van der Waals surface area contributed by atoms with Crippen molar-refractivity contribution in [1.29, 1.82) is 0 Å². The molecule has 104 valence electrons. The van der Waals surface area contributed by atoms with Crippen LogP contribution in [0.1, 0.15) is 71.6 Å². The van der Waals surface area contributed by atoms with Gasteiger partial charge in [0.1, 0.15) is 0 Å². The number of hydrogen-bond acceptors (Lipinski definition) is 1. The number of hydrogen-bond donors (Lipinski definition) is 1. The first-order valence-corrected chi connectivity index (χ1v) is 7.82. The Hall–Kier alpha value is -0.530. The maximum atomic E-state index is 11.9. The summed E-state index contributed by atoms with van der Waals surface area (Å²) in [6.45, 7) is 4.54. The average molecular weight is 252 g/mol. The molecule has 0 unspecified atom stereocenters. The molecule has 2 heteroatoms. The fraction of sp³-hybridized carbons (Fsp3) is 0.938. The second kappa shape index (κ2) is 5.63. The third-order valence-corrected chi connectivity index (χ3v) is 5.80. The van der Waals surface area contributed by atoms with Crippen LogP contribution in [0.5, 0.6) is 0 Å². The molecule has 2 saturated carbocycles. The highest BCUT2D eigenvalue weighted by Crippen LogP contribution is 2.50. The van der Waals surface area contributed by atoms with Crippen LogP contribution in [0.25, 0.3) is 0 Å². The predicted octanol–water partition coefficient (Wildman–Crippen LogP) is 4.48. The standard InChI is InChI=1S/C16H28O2/c1-3-13-8-10-16(11-9-13,15(17)18)14-6-4-12(2)5-7-14/h12-14H,3-11H2,1-2H3,(H,17,18). The molecule has 0 saturated heterocycles. The molecular formula is C16H28O2. The Labute approximate surface area is 111 Å². The van der Waals surface area contributed by atoms with Crippen molar-refractivity contribution in [1.82, 2.24) is 0 Å². The van der Waals surface area contributed by atoms with E-state index in [1.54, 1.807) is 0 Å². The number of carboxylic acids is 1. The van der Waals surface area contributed by atoms with E-state index in [2.05, 4.69) is 13.8 Å². The highest BCUT2D eigenvalue weighted by atomic mass is 16.4. The van der Waals surface area contributed by atoms with Crippen LogP contribution >= 0.6 is 0 Å². The maximum Gasteiger partial charge on any atom is 0.309 e. The molecule has 0 atom stereocenters. The van der Waals surface area contributed by atoms with E-state index in [-0.39, 0.29) is 5.41 Å². The van der Waals surface area contributed by atoms with Gasteiger partial charge in [0.2, 0.25) is 0 Å². The quantitative estimate of drug-likeness (QED) is 0.804. The molecule has 0 aliphatic heterocycles. The summed E-state index contributed by atoms with van der Waals surface area (Å²) in [6.07, 6.45) is 10.1. The Bertz CT molecular complexity index is 281. The summed E-state index contributed by atoms with van der Waals surface area (Å²) in [5.41, 5.74) is -0.369. The van der Waals surface area contributed by atoms with Gasteiger partial charge >= 0.3 is 5.97 Å². The molecular weight excluding hydrogens is 224 g/mol. The fourth-order valence-corrected chi connectivity index (χ4v) is 4.21. The van der Waals surface area contributed by atoms with Gasteiger partial charge in [-0.3, -0.25) is 4.79 Å². The van der Waals surface area contributed by atoms with Crippen LogP contribution in [0.15, 0.2) is 0 Å². The van der Waals surface area contributed by atoms with Gasteiger partial charge in [0.25, 0.3) is 0 Å². The fourth-order valence-electron chi connectivity index (χ4n) is 4.21. The largest absolute Gasteiger partial charge is 0.481 e. The molecule has 2 aliphatic rings. The van der Waals surface area contributed by atoms with Crippen LogP contribution in [0.4, 0.5) is 0 Å². The van der Waals surface area contributed by atoms with E-state index < -0.39 is 5.97 Å². The van der Waals surface area contributed by atoms with Crippen LogP contribution in [0.2, 0.25) is 0 Å². The summed E-state index contributed by atoms with van der Waals surface area (Å²) in [7, 11) is 0. The predicted molar refractivity (Wildman–Crippen MR) is 73.4 cm³/mol. The number of aliphatic carboxylic acids is 1. The number of carboxylic acid groups (broad SMARTS) is 1. The van der Waals surface area contributed by atoms with Crippen molar-refractivity contribution in [3.05, 3.63) is 0 Å². The Balaban J connectivity index is 2.06. The first kappa shape index (κ1) is 13.9. The van der Waals surface area contributed by atoms with E-state index in [9.17, 15) is 9.90 Å². The van der Waals surface area contributed by atoms with Gasteiger partial charge in [0.05, 0.1) is 5.41 Å². The lowest BCUT2D eigenvalue weighted by Gasteiger charge is -2.44. The van der Waals surface area contributed by atoms with Crippen molar-refractivity contribution in [2.75, 3.05) is 0 Å². The molecule has 0 radical (unpaired) electrons. The van der Waals surface area contributed by atoms with Crippen molar-refractivity contribution in [3.8, 4) is 0 Å².